The van der Waals surface area contributed by atoms with E-state index in [0.717, 1.165) is 0 Å². The van der Waals surface area contributed by atoms with Gasteiger partial charge >= 0.3 is 12.3 Å². The van der Waals surface area contributed by atoms with E-state index in [-0.39, 0.29) is 34.6 Å². The number of ether oxygens (including phenoxy) is 3. The predicted molar refractivity (Wildman–Crippen MR) is 152 cm³/mol. The van der Waals surface area contributed by atoms with Crippen molar-refractivity contribution in [2.45, 2.75) is 40.2 Å². The van der Waals surface area contributed by atoms with Gasteiger partial charge in [0.25, 0.3) is 11.8 Å². The van der Waals surface area contributed by atoms with E-state index < -0.39 is 24.1 Å². The Morgan fingerprint density at radius 2 is 1.37 bits per heavy atom. The van der Waals surface area contributed by atoms with Crippen LogP contribution >= 0.6 is 0 Å². The average Bonchev–Trinajstić information content (AvgIpc) is 3.73. The van der Waals surface area contributed by atoms with Crippen molar-refractivity contribution in [3.8, 4) is 17.2 Å². The van der Waals surface area contributed by atoms with Gasteiger partial charge in [-0.2, -0.15) is 0 Å². The Balaban J connectivity index is 1.55. The van der Waals surface area contributed by atoms with Crippen LogP contribution in [0.1, 0.15) is 58.8 Å². The summed E-state index contributed by atoms with van der Waals surface area (Å²) in [5.41, 5.74) is 7.53. The molecule has 0 aromatic heterocycles. The average molecular weight is 562 g/mol. The first kappa shape index (κ1) is 28.9. The van der Waals surface area contributed by atoms with Crippen LogP contribution < -0.4 is 30.6 Å². The number of anilines is 3. The summed E-state index contributed by atoms with van der Waals surface area (Å²) in [7, 11) is 0. The summed E-state index contributed by atoms with van der Waals surface area (Å²) in [6.07, 6.45) is -1.01. The maximum atomic E-state index is 13.2. The van der Waals surface area contributed by atoms with Gasteiger partial charge < -0.3 is 35.7 Å². The first-order valence-corrected chi connectivity index (χ1v) is 12.9. The van der Waals surface area contributed by atoms with Crippen molar-refractivity contribution in [1.82, 2.24) is 0 Å². The Kier molecular flexibility index (Phi) is 8.71. The van der Waals surface area contributed by atoms with Crippen molar-refractivity contribution >= 4 is 34.8 Å². The molecule has 2 amide bonds. The van der Waals surface area contributed by atoms with Crippen LogP contribution in [0.5, 0.6) is 17.2 Å². The summed E-state index contributed by atoms with van der Waals surface area (Å²) in [6.45, 7) is 8.02. The zero-order valence-corrected chi connectivity index (χ0v) is 23.0. The van der Waals surface area contributed by atoms with Gasteiger partial charge in [0, 0.05) is 11.1 Å². The largest absolute Gasteiger partial charge is 0.491 e. The number of amides is 2. The van der Waals surface area contributed by atoms with Crippen LogP contribution in [0, 0.1) is 5.92 Å². The number of hydrogen-bond donors (Lipinski definition) is 4. The molecule has 0 saturated carbocycles. The molecule has 1 heterocycles. The second-order valence-electron chi connectivity index (χ2n) is 9.93. The zero-order chi connectivity index (χ0) is 29.7. The molecule has 0 saturated heterocycles. The standard InChI is InChI=1S/C29H31N5O7/c1-15(2)14-39-23-11-17(5-8-20(23)30)26(35)32-22-9-6-18(12-25(22)41-29-33-34-29)27(36)31-21-10-7-19(28(37)38)13-24(21)40-16(3)4/h5-13,15-16,29H,14,30H2,1-4H3,(H,31,36)(H,32,35)(H,37,38). The van der Waals surface area contributed by atoms with Crippen LogP contribution in [0.25, 0.3) is 0 Å². The van der Waals surface area contributed by atoms with Crippen molar-refractivity contribution in [2.24, 2.45) is 16.1 Å². The number of nitrogen functional groups attached to an aromatic ring is 1. The van der Waals surface area contributed by atoms with E-state index in [9.17, 15) is 19.5 Å². The number of nitrogens with two attached hydrogens (primary N) is 1. The molecule has 41 heavy (non-hydrogen) atoms. The SMILES string of the molecule is CC(C)COc1cc(C(=O)Nc2ccc(C(=O)Nc3ccc(C(=O)O)cc3OC(C)C)cc2OC2N=N2)ccc1N. The molecule has 0 bridgehead atoms. The highest BCUT2D eigenvalue weighted by Gasteiger charge is 2.23. The van der Waals surface area contributed by atoms with Gasteiger partial charge in [-0.15, -0.1) is 10.2 Å². The number of carbonyl (C=O) groups excluding carboxylic acids is 2. The lowest BCUT2D eigenvalue weighted by Crippen LogP contribution is -2.17. The number of rotatable bonds is 12. The fourth-order valence-electron chi connectivity index (χ4n) is 3.61. The number of carboxylic acids is 1. The van der Waals surface area contributed by atoms with Gasteiger partial charge in [0.15, 0.2) is 0 Å². The highest BCUT2D eigenvalue weighted by Crippen LogP contribution is 2.32. The summed E-state index contributed by atoms with van der Waals surface area (Å²) in [5.74, 6) is -1.01. The summed E-state index contributed by atoms with van der Waals surface area (Å²) >= 11 is 0. The molecule has 3 aromatic carbocycles. The lowest BCUT2D eigenvalue weighted by molar-refractivity contribution is 0.0695. The molecular formula is C29H31N5O7. The molecule has 0 spiro atoms. The van der Waals surface area contributed by atoms with Gasteiger partial charge in [0.1, 0.15) is 17.2 Å². The van der Waals surface area contributed by atoms with Gasteiger partial charge in [-0.1, -0.05) is 13.8 Å². The minimum Gasteiger partial charge on any atom is -0.491 e. The Bertz CT molecular complexity index is 1500. The Labute approximate surface area is 236 Å². The Hall–Kier alpha value is -5.13. The fourth-order valence-corrected chi connectivity index (χ4v) is 3.61. The van der Waals surface area contributed by atoms with Gasteiger partial charge in [-0.25, -0.2) is 4.79 Å². The quantitative estimate of drug-likeness (QED) is 0.212. The number of nitrogens with zero attached hydrogens (tertiary/aromatic N) is 2. The third-order valence-corrected chi connectivity index (χ3v) is 5.62. The minimum absolute atomic E-state index is 0.0195. The number of carboxylic acid groups (broad SMARTS) is 1. The molecule has 0 atom stereocenters. The number of aromatic carboxylic acids is 1. The maximum Gasteiger partial charge on any atom is 0.335 e. The van der Waals surface area contributed by atoms with Crippen molar-refractivity contribution in [3.05, 3.63) is 71.3 Å². The molecule has 0 radical (unpaired) electrons. The lowest BCUT2D eigenvalue weighted by Gasteiger charge is -2.17. The number of carbonyl (C=O) groups is 3. The molecule has 1 aliphatic rings. The third-order valence-electron chi connectivity index (χ3n) is 5.62. The van der Waals surface area contributed by atoms with Crippen molar-refractivity contribution in [2.75, 3.05) is 23.0 Å². The first-order chi connectivity index (χ1) is 19.5. The Morgan fingerprint density at radius 3 is 1.93 bits per heavy atom. The number of nitrogens with one attached hydrogen (secondary N) is 2. The lowest BCUT2D eigenvalue weighted by atomic mass is 10.1. The number of hydrogen-bond acceptors (Lipinski definition) is 9. The van der Waals surface area contributed by atoms with E-state index >= 15 is 0 Å². The molecule has 0 unspecified atom stereocenters. The van der Waals surface area contributed by atoms with Crippen LogP contribution in [0.15, 0.2) is 64.8 Å². The second-order valence-corrected chi connectivity index (χ2v) is 9.93. The first-order valence-electron chi connectivity index (χ1n) is 12.9. The van der Waals surface area contributed by atoms with E-state index in [2.05, 4.69) is 20.9 Å². The van der Waals surface area contributed by atoms with E-state index in [4.69, 9.17) is 19.9 Å². The maximum absolute atomic E-state index is 13.2. The zero-order valence-electron chi connectivity index (χ0n) is 23.0. The van der Waals surface area contributed by atoms with Crippen LogP contribution in [-0.2, 0) is 0 Å². The monoisotopic (exact) mass is 561 g/mol. The van der Waals surface area contributed by atoms with E-state index in [1.54, 1.807) is 32.0 Å². The normalized spacial score (nSPS) is 12.2. The minimum atomic E-state index is -1.12. The second kappa shape index (κ2) is 12.4. The predicted octanol–water partition coefficient (Wildman–Crippen LogP) is 5.42. The fraction of sp³-hybridized carbons (Fsp3) is 0.276. The molecule has 5 N–H and O–H groups in total. The van der Waals surface area contributed by atoms with Gasteiger partial charge in [-0.05, 0) is 74.4 Å². The van der Waals surface area contributed by atoms with E-state index in [0.29, 0.717) is 35.0 Å². The molecule has 214 valence electrons. The number of benzene rings is 3. The summed E-state index contributed by atoms with van der Waals surface area (Å²) in [6, 6.07) is 13.4. The van der Waals surface area contributed by atoms with Crippen molar-refractivity contribution in [1.29, 1.82) is 0 Å². The molecule has 1 aliphatic heterocycles. The third kappa shape index (κ3) is 7.72. The smallest absolute Gasteiger partial charge is 0.335 e. The van der Waals surface area contributed by atoms with Crippen LogP contribution in [0.4, 0.5) is 17.1 Å². The summed E-state index contributed by atoms with van der Waals surface area (Å²) < 4.78 is 17.1. The molecular weight excluding hydrogens is 530 g/mol. The van der Waals surface area contributed by atoms with Crippen LogP contribution in [0.2, 0.25) is 0 Å². The van der Waals surface area contributed by atoms with Gasteiger partial charge in [-0.3, -0.25) is 9.59 Å². The molecule has 4 rings (SSSR count). The topological polar surface area (TPSA) is 174 Å². The van der Waals surface area contributed by atoms with Crippen molar-refractivity contribution < 1.29 is 33.7 Å². The molecule has 12 heteroatoms. The summed E-state index contributed by atoms with van der Waals surface area (Å²) in [4.78, 5) is 37.6. The van der Waals surface area contributed by atoms with Crippen LogP contribution in [-0.4, -0.2) is 42.0 Å². The van der Waals surface area contributed by atoms with Crippen molar-refractivity contribution in [3.63, 3.8) is 0 Å². The van der Waals surface area contributed by atoms with Crippen LogP contribution in [0.3, 0.4) is 0 Å². The van der Waals surface area contributed by atoms with Gasteiger partial charge in [0.2, 0.25) is 0 Å². The molecule has 12 nitrogen and oxygen atoms in total. The van der Waals surface area contributed by atoms with Gasteiger partial charge in [0.05, 0.1) is 35.3 Å². The molecule has 0 aliphatic carbocycles. The highest BCUT2D eigenvalue weighted by molar-refractivity contribution is 6.08. The highest BCUT2D eigenvalue weighted by atomic mass is 16.5. The van der Waals surface area contributed by atoms with E-state index in [1.807, 2.05) is 13.8 Å². The molecule has 0 fully saturated rings. The molecule has 3 aromatic rings. The summed E-state index contributed by atoms with van der Waals surface area (Å²) in [5, 5.41) is 22.3. The van der Waals surface area contributed by atoms with E-state index in [1.165, 1.54) is 36.4 Å². The Morgan fingerprint density at radius 1 is 0.829 bits per heavy atom.